The Morgan fingerprint density at radius 2 is 2.25 bits per heavy atom. The van der Waals surface area contributed by atoms with E-state index in [1.807, 2.05) is 0 Å². The fourth-order valence-electron chi connectivity index (χ4n) is 1.52. The normalized spacial score (nSPS) is 22.4. The maximum Gasteiger partial charge on any atom is 0.309 e. The molecule has 90 valence electrons. The van der Waals surface area contributed by atoms with Crippen LogP contribution in [0.5, 0.6) is 0 Å². The van der Waals surface area contributed by atoms with Crippen LogP contribution in [-0.2, 0) is 19.1 Å². The van der Waals surface area contributed by atoms with E-state index in [-0.39, 0.29) is 30.1 Å². The van der Waals surface area contributed by atoms with E-state index in [0.29, 0.717) is 6.54 Å². The van der Waals surface area contributed by atoms with Gasteiger partial charge in [-0.2, -0.15) is 0 Å². The molecule has 0 bridgehead atoms. The predicted molar refractivity (Wildman–Crippen MR) is 55.4 cm³/mol. The molecule has 1 heterocycles. The van der Waals surface area contributed by atoms with E-state index in [4.69, 9.17) is 0 Å². The predicted octanol–water partition coefficient (Wildman–Crippen LogP) is -0.858. The van der Waals surface area contributed by atoms with Gasteiger partial charge < -0.3 is 10.1 Å². The van der Waals surface area contributed by atoms with Crippen molar-refractivity contribution in [3.8, 4) is 0 Å². The number of nitrogens with one attached hydrogen (secondary N) is 1. The molecule has 0 aromatic rings. The molecule has 1 aliphatic rings. The number of esters is 1. The van der Waals surface area contributed by atoms with Crippen molar-refractivity contribution in [1.82, 2.24) is 10.2 Å². The van der Waals surface area contributed by atoms with Gasteiger partial charge in [0, 0.05) is 13.6 Å². The molecule has 0 aliphatic carbocycles. The lowest BCUT2D eigenvalue weighted by molar-refractivity contribution is -0.145. The first kappa shape index (κ1) is 12.6. The minimum Gasteiger partial charge on any atom is -0.469 e. The Morgan fingerprint density at radius 3 is 2.69 bits per heavy atom. The van der Waals surface area contributed by atoms with E-state index < -0.39 is 6.04 Å². The third-order valence-corrected chi connectivity index (χ3v) is 2.66. The summed E-state index contributed by atoms with van der Waals surface area (Å²) in [5.74, 6) is -1.12. The van der Waals surface area contributed by atoms with Crippen molar-refractivity contribution in [3.05, 3.63) is 0 Å². The monoisotopic (exact) mass is 228 g/mol. The average Bonchev–Trinajstić information content (AvgIpc) is 2.52. The second kappa shape index (κ2) is 5.07. The summed E-state index contributed by atoms with van der Waals surface area (Å²) in [7, 11) is 2.77. The summed E-state index contributed by atoms with van der Waals surface area (Å²) >= 11 is 0. The van der Waals surface area contributed by atoms with Crippen LogP contribution in [0.15, 0.2) is 0 Å². The van der Waals surface area contributed by atoms with Gasteiger partial charge in [0.1, 0.15) is 0 Å². The molecule has 0 spiro atoms. The average molecular weight is 228 g/mol. The van der Waals surface area contributed by atoms with Gasteiger partial charge in [-0.3, -0.25) is 19.3 Å². The molecule has 16 heavy (non-hydrogen) atoms. The Balaban J connectivity index is 2.42. The zero-order chi connectivity index (χ0) is 12.3. The van der Waals surface area contributed by atoms with Gasteiger partial charge in [-0.1, -0.05) is 6.92 Å². The fraction of sp³-hybridized carbons (Fsp3) is 0.700. The zero-order valence-electron chi connectivity index (χ0n) is 9.65. The quantitative estimate of drug-likeness (QED) is 0.500. The highest BCUT2D eigenvalue weighted by atomic mass is 16.5. The summed E-state index contributed by atoms with van der Waals surface area (Å²) in [6.45, 7) is 2.02. The van der Waals surface area contributed by atoms with Crippen molar-refractivity contribution in [1.29, 1.82) is 0 Å². The van der Waals surface area contributed by atoms with Crippen LogP contribution in [0, 0.1) is 5.92 Å². The van der Waals surface area contributed by atoms with Crippen LogP contribution < -0.4 is 5.32 Å². The lowest BCUT2D eigenvalue weighted by atomic mass is 10.1. The fourth-order valence-corrected chi connectivity index (χ4v) is 1.52. The molecule has 2 unspecified atom stereocenters. The molecule has 6 heteroatoms. The highest BCUT2D eigenvalue weighted by molar-refractivity contribution is 6.05. The molecule has 6 nitrogen and oxygen atoms in total. The molecule has 0 saturated carbocycles. The maximum absolute atomic E-state index is 11.5. The zero-order valence-corrected chi connectivity index (χ0v) is 9.65. The van der Waals surface area contributed by atoms with Gasteiger partial charge in [0.2, 0.25) is 11.8 Å². The van der Waals surface area contributed by atoms with Crippen LogP contribution in [0.1, 0.15) is 13.3 Å². The summed E-state index contributed by atoms with van der Waals surface area (Å²) in [5.41, 5.74) is 0. The summed E-state index contributed by atoms with van der Waals surface area (Å²) in [5, 5.41) is 2.89. The Labute approximate surface area is 93.9 Å². The number of carbonyl (C=O) groups excluding carboxylic acids is 3. The molecule has 0 aromatic heterocycles. The van der Waals surface area contributed by atoms with Gasteiger partial charge in [0.05, 0.1) is 25.5 Å². The van der Waals surface area contributed by atoms with E-state index in [1.165, 1.54) is 14.2 Å². The molecular formula is C10H16N2O4. The molecule has 1 aliphatic heterocycles. The third-order valence-electron chi connectivity index (χ3n) is 2.66. The highest BCUT2D eigenvalue weighted by Crippen LogP contribution is 2.10. The second-order valence-corrected chi connectivity index (χ2v) is 3.88. The van der Waals surface area contributed by atoms with Gasteiger partial charge in [-0.15, -0.1) is 0 Å². The van der Waals surface area contributed by atoms with E-state index in [1.54, 1.807) is 6.92 Å². The molecule has 0 radical (unpaired) electrons. The number of nitrogens with zero attached hydrogens (tertiary/aromatic N) is 1. The number of amides is 2. The van der Waals surface area contributed by atoms with E-state index >= 15 is 0 Å². The van der Waals surface area contributed by atoms with Crippen LogP contribution in [-0.4, -0.2) is 49.4 Å². The van der Waals surface area contributed by atoms with Crippen LogP contribution in [0.2, 0.25) is 0 Å². The first-order valence-corrected chi connectivity index (χ1v) is 5.09. The Hall–Kier alpha value is -1.43. The number of likely N-dealkylation sites (N-methyl/N-ethyl adjacent to an activating group) is 1. The number of carbonyl (C=O) groups is 3. The number of hydrogen-bond donors (Lipinski definition) is 1. The molecule has 1 N–H and O–H groups in total. The summed E-state index contributed by atoms with van der Waals surface area (Å²) in [4.78, 5) is 34.9. The third kappa shape index (κ3) is 2.57. The topological polar surface area (TPSA) is 75.7 Å². The highest BCUT2D eigenvalue weighted by Gasteiger charge is 2.35. The van der Waals surface area contributed by atoms with E-state index in [9.17, 15) is 14.4 Å². The Bertz CT molecular complexity index is 316. The van der Waals surface area contributed by atoms with Gasteiger partial charge in [0.15, 0.2) is 0 Å². The number of likely N-dealkylation sites (tertiary alicyclic amines) is 1. The van der Waals surface area contributed by atoms with Crippen molar-refractivity contribution in [2.24, 2.45) is 5.92 Å². The van der Waals surface area contributed by atoms with Gasteiger partial charge in [0.25, 0.3) is 0 Å². The molecular weight excluding hydrogens is 212 g/mol. The minimum atomic E-state index is -0.510. The molecule has 0 aromatic carbocycles. The first-order chi connectivity index (χ1) is 7.47. The smallest absolute Gasteiger partial charge is 0.309 e. The SMILES string of the molecule is COC(=O)C(C)CNC1CC(=O)N(C)C1=O. The van der Waals surface area contributed by atoms with Gasteiger partial charge in [-0.05, 0) is 0 Å². The Kier molecular flexibility index (Phi) is 4.00. The second-order valence-electron chi connectivity index (χ2n) is 3.88. The van der Waals surface area contributed by atoms with Crippen LogP contribution in [0.3, 0.4) is 0 Å². The van der Waals surface area contributed by atoms with Crippen molar-refractivity contribution >= 4 is 17.8 Å². The summed E-state index contributed by atoms with van der Waals surface area (Å²) in [6.07, 6.45) is 0.156. The molecule has 1 rings (SSSR count). The van der Waals surface area contributed by atoms with Crippen molar-refractivity contribution in [3.63, 3.8) is 0 Å². The lowest BCUT2D eigenvalue weighted by Crippen LogP contribution is -2.40. The van der Waals surface area contributed by atoms with Crippen LogP contribution >= 0.6 is 0 Å². The molecule has 1 saturated heterocycles. The van der Waals surface area contributed by atoms with Crippen molar-refractivity contribution in [2.75, 3.05) is 20.7 Å². The van der Waals surface area contributed by atoms with Crippen molar-refractivity contribution < 1.29 is 19.1 Å². The molecule has 1 fully saturated rings. The summed E-state index contributed by atoms with van der Waals surface area (Å²) in [6, 6.07) is -0.510. The van der Waals surface area contributed by atoms with Crippen LogP contribution in [0.4, 0.5) is 0 Å². The number of hydrogen-bond acceptors (Lipinski definition) is 5. The largest absolute Gasteiger partial charge is 0.469 e. The Morgan fingerprint density at radius 1 is 1.62 bits per heavy atom. The summed E-state index contributed by atoms with van der Waals surface area (Å²) < 4.78 is 4.56. The van der Waals surface area contributed by atoms with Crippen molar-refractivity contribution in [2.45, 2.75) is 19.4 Å². The van der Waals surface area contributed by atoms with Gasteiger partial charge in [-0.25, -0.2) is 0 Å². The van der Waals surface area contributed by atoms with E-state index in [0.717, 1.165) is 4.90 Å². The number of imide groups is 1. The standard InChI is InChI=1S/C10H16N2O4/c1-6(10(15)16-3)5-11-7-4-8(13)12(2)9(7)14/h6-7,11H,4-5H2,1-3H3. The number of ether oxygens (including phenoxy) is 1. The van der Waals surface area contributed by atoms with E-state index in [2.05, 4.69) is 10.1 Å². The maximum atomic E-state index is 11.5. The first-order valence-electron chi connectivity index (χ1n) is 5.09. The van der Waals surface area contributed by atoms with Gasteiger partial charge >= 0.3 is 5.97 Å². The number of rotatable bonds is 4. The van der Waals surface area contributed by atoms with Crippen LogP contribution in [0.25, 0.3) is 0 Å². The minimum absolute atomic E-state index is 0.156. The molecule has 2 amide bonds. The lowest BCUT2D eigenvalue weighted by Gasteiger charge is -2.14. The molecule has 2 atom stereocenters. The number of methoxy groups -OCH3 is 1.